The lowest BCUT2D eigenvalue weighted by molar-refractivity contribution is 0.103. The highest BCUT2D eigenvalue weighted by molar-refractivity contribution is 9.10. The van der Waals surface area contributed by atoms with Gasteiger partial charge in [-0.15, -0.1) is 0 Å². The summed E-state index contributed by atoms with van der Waals surface area (Å²) in [7, 11) is 0. The third kappa shape index (κ3) is 2.25. The molecule has 3 aromatic rings. The van der Waals surface area contributed by atoms with Gasteiger partial charge in [0.1, 0.15) is 5.82 Å². The molecule has 0 fully saturated rings. The van der Waals surface area contributed by atoms with Gasteiger partial charge in [0.15, 0.2) is 5.78 Å². The number of hydrogen-bond donors (Lipinski definition) is 0. The van der Waals surface area contributed by atoms with Crippen molar-refractivity contribution in [3.63, 3.8) is 0 Å². The first-order valence-electron chi connectivity index (χ1n) is 6.14. The van der Waals surface area contributed by atoms with E-state index in [9.17, 15) is 9.18 Å². The van der Waals surface area contributed by atoms with Crippen LogP contribution in [0.1, 0.15) is 15.9 Å². The quantitative estimate of drug-likeness (QED) is 0.607. The summed E-state index contributed by atoms with van der Waals surface area (Å²) in [5.74, 6) is -0.607. The molecule has 3 heteroatoms. The van der Waals surface area contributed by atoms with Crippen molar-refractivity contribution in [1.29, 1.82) is 0 Å². The van der Waals surface area contributed by atoms with Crippen LogP contribution in [0.3, 0.4) is 0 Å². The summed E-state index contributed by atoms with van der Waals surface area (Å²) in [5.41, 5.74) is 0.913. The maximum Gasteiger partial charge on any atom is 0.194 e. The standard InChI is InChI=1S/C17H10BrFO/c18-16-9-8-12(19)10-15(16)17(20)14-7-3-5-11-4-1-2-6-13(11)14/h1-10H. The van der Waals surface area contributed by atoms with E-state index in [-0.39, 0.29) is 5.78 Å². The number of carbonyl (C=O) groups is 1. The van der Waals surface area contributed by atoms with Crippen LogP contribution < -0.4 is 0 Å². The van der Waals surface area contributed by atoms with Crippen molar-refractivity contribution in [2.24, 2.45) is 0 Å². The minimum Gasteiger partial charge on any atom is -0.289 e. The van der Waals surface area contributed by atoms with Crippen LogP contribution in [0.5, 0.6) is 0 Å². The molecule has 0 heterocycles. The SMILES string of the molecule is O=C(c1cc(F)ccc1Br)c1cccc2ccccc12. The number of benzene rings is 3. The molecule has 0 N–H and O–H groups in total. The van der Waals surface area contributed by atoms with Gasteiger partial charge in [0, 0.05) is 15.6 Å². The zero-order chi connectivity index (χ0) is 14.1. The average molecular weight is 329 g/mol. The lowest BCUT2D eigenvalue weighted by Crippen LogP contribution is -2.03. The van der Waals surface area contributed by atoms with Gasteiger partial charge in [-0.25, -0.2) is 4.39 Å². The van der Waals surface area contributed by atoms with Gasteiger partial charge in [0.05, 0.1) is 0 Å². The van der Waals surface area contributed by atoms with E-state index in [1.165, 1.54) is 12.1 Å². The van der Waals surface area contributed by atoms with Crippen LogP contribution in [0.4, 0.5) is 4.39 Å². The third-order valence-electron chi connectivity index (χ3n) is 3.21. The van der Waals surface area contributed by atoms with Gasteiger partial charge in [-0.05, 0) is 29.0 Å². The topological polar surface area (TPSA) is 17.1 Å². The Balaban J connectivity index is 2.20. The van der Waals surface area contributed by atoms with Crippen molar-refractivity contribution >= 4 is 32.5 Å². The highest BCUT2D eigenvalue weighted by Crippen LogP contribution is 2.25. The summed E-state index contributed by atoms with van der Waals surface area (Å²) in [6.07, 6.45) is 0. The van der Waals surface area contributed by atoms with Gasteiger partial charge < -0.3 is 0 Å². The summed E-state index contributed by atoms with van der Waals surface area (Å²) < 4.78 is 14.0. The Hall–Kier alpha value is -2.00. The zero-order valence-electron chi connectivity index (χ0n) is 10.4. The maximum atomic E-state index is 13.4. The molecule has 0 saturated carbocycles. The van der Waals surface area contributed by atoms with Gasteiger partial charge in [-0.2, -0.15) is 0 Å². The molecule has 0 aliphatic carbocycles. The Morgan fingerprint density at radius 3 is 2.50 bits per heavy atom. The Morgan fingerprint density at radius 1 is 0.900 bits per heavy atom. The molecule has 0 atom stereocenters. The fourth-order valence-corrected chi connectivity index (χ4v) is 2.67. The molecule has 0 saturated heterocycles. The number of halogens is 2. The number of ketones is 1. The molecule has 1 nitrogen and oxygen atoms in total. The maximum absolute atomic E-state index is 13.4. The van der Waals surface area contributed by atoms with Gasteiger partial charge in [-0.1, -0.05) is 58.4 Å². The predicted molar refractivity (Wildman–Crippen MR) is 81.5 cm³/mol. The van der Waals surface area contributed by atoms with E-state index in [1.54, 1.807) is 12.1 Å². The summed E-state index contributed by atoms with van der Waals surface area (Å²) in [6, 6.07) is 17.3. The van der Waals surface area contributed by atoms with Crippen LogP contribution in [0, 0.1) is 5.82 Å². The van der Waals surface area contributed by atoms with Crippen LogP contribution in [-0.2, 0) is 0 Å². The molecule has 0 amide bonds. The highest BCUT2D eigenvalue weighted by Gasteiger charge is 2.15. The zero-order valence-corrected chi connectivity index (χ0v) is 12.0. The van der Waals surface area contributed by atoms with Crippen molar-refractivity contribution in [2.45, 2.75) is 0 Å². The molecule has 98 valence electrons. The van der Waals surface area contributed by atoms with Gasteiger partial charge in [-0.3, -0.25) is 4.79 Å². The lowest BCUT2D eigenvalue weighted by atomic mass is 9.97. The second-order valence-corrected chi connectivity index (χ2v) is 5.33. The molecule has 0 aromatic heterocycles. The molecular formula is C17H10BrFO. The smallest absolute Gasteiger partial charge is 0.194 e. The summed E-state index contributed by atoms with van der Waals surface area (Å²) in [4.78, 5) is 12.6. The van der Waals surface area contributed by atoms with E-state index in [0.29, 0.717) is 15.6 Å². The molecule has 0 aliphatic heterocycles. The van der Waals surface area contributed by atoms with Gasteiger partial charge >= 0.3 is 0 Å². The first-order valence-corrected chi connectivity index (χ1v) is 6.93. The number of carbonyl (C=O) groups excluding carboxylic acids is 1. The minimum absolute atomic E-state index is 0.187. The second kappa shape index (κ2) is 5.17. The van der Waals surface area contributed by atoms with Crippen molar-refractivity contribution in [3.05, 3.63) is 82.1 Å². The normalized spacial score (nSPS) is 10.7. The minimum atomic E-state index is -0.420. The van der Waals surface area contributed by atoms with Crippen LogP contribution in [0.25, 0.3) is 10.8 Å². The van der Waals surface area contributed by atoms with E-state index in [4.69, 9.17) is 0 Å². The van der Waals surface area contributed by atoms with Crippen LogP contribution >= 0.6 is 15.9 Å². The highest BCUT2D eigenvalue weighted by atomic mass is 79.9. The third-order valence-corrected chi connectivity index (χ3v) is 3.90. The Labute approximate surface area is 124 Å². The van der Waals surface area contributed by atoms with Gasteiger partial charge in [0.2, 0.25) is 0 Å². The molecule has 20 heavy (non-hydrogen) atoms. The van der Waals surface area contributed by atoms with Crippen molar-refractivity contribution < 1.29 is 9.18 Å². The second-order valence-electron chi connectivity index (χ2n) is 4.48. The van der Waals surface area contributed by atoms with Gasteiger partial charge in [0.25, 0.3) is 0 Å². The molecule has 0 unspecified atom stereocenters. The van der Waals surface area contributed by atoms with Crippen molar-refractivity contribution in [1.82, 2.24) is 0 Å². The Morgan fingerprint density at radius 2 is 1.65 bits per heavy atom. The average Bonchev–Trinajstić information content (AvgIpc) is 2.48. The monoisotopic (exact) mass is 328 g/mol. The van der Waals surface area contributed by atoms with E-state index >= 15 is 0 Å². The predicted octanol–water partition coefficient (Wildman–Crippen LogP) is 4.97. The first-order chi connectivity index (χ1) is 9.66. The summed E-state index contributed by atoms with van der Waals surface area (Å²) in [5, 5.41) is 1.86. The summed E-state index contributed by atoms with van der Waals surface area (Å²) >= 11 is 3.30. The van der Waals surface area contributed by atoms with E-state index < -0.39 is 5.82 Å². The van der Waals surface area contributed by atoms with Crippen LogP contribution in [-0.4, -0.2) is 5.78 Å². The number of hydrogen-bond acceptors (Lipinski definition) is 1. The molecule has 0 radical (unpaired) electrons. The molecule has 0 spiro atoms. The lowest BCUT2D eigenvalue weighted by Gasteiger charge is -2.07. The van der Waals surface area contributed by atoms with E-state index in [2.05, 4.69) is 15.9 Å². The first kappa shape index (κ1) is 13.0. The van der Waals surface area contributed by atoms with Crippen molar-refractivity contribution in [3.8, 4) is 0 Å². The molecular weight excluding hydrogens is 319 g/mol. The van der Waals surface area contributed by atoms with Crippen LogP contribution in [0.15, 0.2) is 65.1 Å². The fourth-order valence-electron chi connectivity index (χ4n) is 2.24. The molecule has 3 aromatic carbocycles. The number of fused-ring (bicyclic) bond motifs is 1. The van der Waals surface area contributed by atoms with E-state index in [1.807, 2.05) is 36.4 Å². The van der Waals surface area contributed by atoms with Crippen LogP contribution in [0.2, 0.25) is 0 Å². The Kier molecular flexibility index (Phi) is 3.36. The largest absolute Gasteiger partial charge is 0.289 e. The fraction of sp³-hybridized carbons (Fsp3) is 0. The Bertz CT molecular complexity index is 806. The van der Waals surface area contributed by atoms with E-state index in [0.717, 1.165) is 10.8 Å². The molecule has 3 rings (SSSR count). The number of rotatable bonds is 2. The molecule has 0 aliphatic rings. The summed E-state index contributed by atoms with van der Waals surface area (Å²) in [6.45, 7) is 0. The molecule has 0 bridgehead atoms. The van der Waals surface area contributed by atoms with Crippen molar-refractivity contribution in [2.75, 3.05) is 0 Å².